The third kappa shape index (κ3) is 7.86. The van der Waals surface area contributed by atoms with Gasteiger partial charge in [0.15, 0.2) is 10.8 Å². The molecule has 4 heterocycles. The molecule has 2 saturated heterocycles. The Balaban J connectivity index is 0.00000552. The molecule has 3 amide bonds. The molecular weight excluding hydrogens is 648 g/mol. The lowest BCUT2D eigenvalue weighted by atomic mass is 10.0. The van der Waals surface area contributed by atoms with Crippen molar-refractivity contribution in [3.63, 3.8) is 0 Å². The highest BCUT2D eigenvalue weighted by Gasteiger charge is 2.54. The number of rotatable bonds is 11. The van der Waals surface area contributed by atoms with Gasteiger partial charge in [0.05, 0.1) is 12.2 Å². The number of nitrogens with two attached hydrogens (primary N) is 1. The molecule has 17 heteroatoms. The molecular formula is C28H35ClN6O8S2. The van der Waals surface area contributed by atoms with Crippen LogP contribution in [0.4, 0.5) is 5.13 Å². The Hall–Kier alpha value is -3.89. The van der Waals surface area contributed by atoms with E-state index in [1.165, 1.54) is 22.0 Å². The Morgan fingerprint density at radius 1 is 1.29 bits per heavy atom. The fourth-order valence-corrected chi connectivity index (χ4v) is 6.50. The summed E-state index contributed by atoms with van der Waals surface area (Å²) in [5, 5.41) is 15.9. The Kier molecular flexibility index (Phi) is 12.2. The zero-order valence-corrected chi connectivity index (χ0v) is 27.6. The van der Waals surface area contributed by atoms with Crippen molar-refractivity contribution in [3.05, 3.63) is 45.6 Å². The van der Waals surface area contributed by atoms with Crippen molar-refractivity contribution in [2.45, 2.75) is 45.0 Å². The highest BCUT2D eigenvalue weighted by atomic mass is 35.5. The van der Waals surface area contributed by atoms with Crippen molar-refractivity contribution >= 4 is 76.0 Å². The fraction of sp³-hybridized carbons (Fsp3) is 0.464. The number of hydrogen-bond acceptors (Lipinski definition) is 13. The van der Waals surface area contributed by atoms with E-state index in [4.69, 9.17) is 15.2 Å². The Labute approximate surface area is 274 Å². The molecule has 0 aromatic carbocycles. The number of allylic oxidation sites excluding steroid dienone is 2. The molecule has 3 aliphatic heterocycles. The van der Waals surface area contributed by atoms with E-state index < -0.39 is 40.9 Å². The van der Waals surface area contributed by atoms with Crippen LogP contribution in [0.5, 0.6) is 0 Å². The van der Waals surface area contributed by atoms with Crippen molar-refractivity contribution in [2.75, 3.05) is 38.3 Å². The molecule has 2 unspecified atom stereocenters. The van der Waals surface area contributed by atoms with E-state index in [1.807, 2.05) is 20.8 Å². The second-order valence-corrected chi connectivity index (χ2v) is 12.6. The predicted octanol–water partition coefficient (Wildman–Crippen LogP) is 1.85. The molecule has 1 aromatic rings. The van der Waals surface area contributed by atoms with Crippen LogP contribution >= 0.6 is 35.5 Å². The highest BCUT2D eigenvalue weighted by Crippen LogP contribution is 2.41. The number of carbonyl (C=O) groups is 5. The summed E-state index contributed by atoms with van der Waals surface area (Å²) >= 11 is 2.33. The minimum atomic E-state index is -1.06. The molecule has 3 aliphatic rings. The zero-order valence-electron chi connectivity index (χ0n) is 25.1. The standard InChI is InChI=1S/C28H34N6O8S2.ClH/c1-5-6-16(26(38)41-10-14(2)3)11-42-27(39)21-17(9-15-7-8-33(4)23(15)36)12-43-25-20(24(37)34(21)25)31-22(35)19(32-40)18-13-44-28(29)30-18;/h6,9,13-14,20,25,40H,5,7-8,10-12H2,1-4H3,(H2,29,30)(H,31,35);1H. The van der Waals surface area contributed by atoms with Gasteiger partial charge in [0.2, 0.25) is 5.91 Å². The van der Waals surface area contributed by atoms with Crippen molar-refractivity contribution in [2.24, 2.45) is 11.1 Å². The van der Waals surface area contributed by atoms with Crippen LogP contribution in [0.3, 0.4) is 0 Å². The number of nitrogen functional groups attached to an aromatic ring is 1. The van der Waals surface area contributed by atoms with Gasteiger partial charge in [-0.3, -0.25) is 19.3 Å². The van der Waals surface area contributed by atoms with E-state index in [0.717, 1.165) is 11.3 Å². The number of aromatic nitrogens is 1. The number of amides is 3. The lowest BCUT2D eigenvalue weighted by Gasteiger charge is -2.49. The van der Waals surface area contributed by atoms with E-state index in [1.54, 1.807) is 24.1 Å². The average molecular weight is 683 g/mol. The average Bonchev–Trinajstić information content (AvgIpc) is 3.56. The number of β-lactam (4-membered cyclic amide) rings is 1. The molecule has 4 N–H and O–H groups in total. The summed E-state index contributed by atoms with van der Waals surface area (Å²) in [5.41, 5.74) is 6.22. The van der Waals surface area contributed by atoms with Gasteiger partial charge in [0.1, 0.15) is 29.4 Å². The molecule has 14 nitrogen and oxygen atoms in total. The summed E-state index contributed by atoms with van der Waals surface area (Å²) in [6.45, 7) is 5.96. The number of ether oxygens (including phenoxy) is 2. The van der Waals surface area contributed by atoms with E-state index in [0.29, 0.717) is 30.5 Å². The number of carbonyl (C=O) groups excluding carboxylic acids is 5. The molecule has 0 bridgehead atoms. The van der Waals surface area contributed by atoms with Crippen LogP contribution in [-0.4, -0.2) is 99.3 Å². The number of thiazole rings is 1. The van der Waals surface area contributed by atoms with Crippen LogP contribution < -0.4 is 11.1 Å². The minimum absolute atomic E-state index is 0. The Bertz CT molecular complexity index is 1490. The summed E-state index contributed by atoms with van der Waals surface area (Å²) in [7, 11) is 1.68. The number of nitrogens with one attached hydrogen (secondary N) is 1. The van der Waals surface area contributed by atoms with Crippen molar-refractivity contribution < 1.29 is 38.7 Å². The van der Waals surface area contributed by atoms with Crippen LogP contribution in [0.25, 0.3) is 0 Å². The number of nitrogens with zero attached hydrogens (tertiary/aromatic N) is 4. The van der Waals surface area contributed by atoms with E-state index in [9.17, 15) is 29.2 Å². The summed E-state index contributed by atoms with van der Waals surface area (Å²) in [6.07, 6.45) is 4.18. The number of likely N-dealkylation sites (tertiary alicyclic amines) is 1. The molecule has 244 valence electrons. The molecule has 45 heavy (non-hydrogen) atoms. The number of halogens is 1. The molecule has 4 rings (SSSR count). The first kappa shape index (κ1) is 35.6. The first-order chi connectivity index (χ1) is 21.0. The second-order valence-electron chi connectivity index (χ2n) is 10.6. The van der Waals surface area contributed by atoms with Crippen LogP contribution in [0, 0.1) is 5.92 Å². The van der Waals surface area contributed by atoms with Gasteiger partial charge in [0.25, 0.3) is 11.8 Å². The normalized spacial score (nSPS) is 21.0. The molecule has 2 fully saturated rings. The molecule has 0 saturated carbocycles. The number of oxime groups is 1. The smallest absolute Gasteiger partial charge is 0.355 e. The van der Waals surface area contributed by atoms with Gasteiger partial charge in [-0.05, 0) is 30.4 Å². The monoisotopic (exact) mass is 682 g/mol. The van der Waals surface area contributed by atoms with Crippen LogP contribution in [0.1, 0.15) is 39.3 Å². The van der Waals surface area contributed by atoms with E-state index >= 15 is 0 Å². The summed E-state index contributed by atoms with van der Waals surface area (Å²) in [6, 6.07) is -1.06. The minimum Gasteiger partial charge on any atom is -0.462 e. The second kappa shape index (κ2) is 15.4. The first-order valence-electron chi connectivity index (χ1n) is 13.9. The maximum absolute atomic E-state index is 13.6. The molecule has 0 radical (unpaired) electrons. The van der Waals surface area contributed by atoms with Gasteiger partial charge >= 0.3 is 11.9 Å². The lowest BCUT2D eigenvalue weighted by Crippen LogP contribution is -2.71. The summed E-state index contributed by atoms with van der Waals surface area (Å²) in [5.74, 6) is -2.78. The van der Waals surface area contributed by atoms with Gasteiger partial charge in [-0.25, -0.2) is 14.6 Å². The molecule has 1 aromatic heterocycles. The number of thioether (sulfide) groups is 1. The SMILES string of the molecule is CCC=C(COC(=O)C1=C(C=C2CCN(C)C2=O)CSC2C(NC(=O)C(=NO)c3csc(N)n3)C(=O)N12)C(=O)OCC(C)C.Cl. The van der Waals surface area contributed by atoms with Crippen LogP contribution in [-0.2, 0) is 33.4 Å². The topological polar surface area (TPSA) is 194 Å². The van der Waals surface area contributed by atoms with Gasteiger partial charge in [0, 0.05) is 30.3 Å². The van der Waals surface area contributed by atoms with Crippen LogP contribution in [0.15, 0.2) is 45.1 Å². The zero-order chi connectivity index (χ0) is 32.1. The lowest BCUT2D eigenvalue weighted by molar-refractivity contribution is -0.152. The first-order valence-corrected chi connectivity index (χ1v) is 15.8. The van der Waals surface area contributed by atoms with E-state index in [2.05, 4.69) is 15.5 Å². The summed E-state index contributed by atoms with van der Waals surface area (Å²) in [4.78, 5) is 71.9. The number of fused-ring (bicyclic) bond motifs is 1. The molecule has 2 atom stereocenters. The summed E-state index contributed by atoms with van der Waals surface area (Å²) < 4.78 is 10.8. The number of anilines is 1. The number of esters is 2. The predicted molar refractivity (Wildman–Crippen MR) is 170 cm³/mol. The van der Waals surface area contributed by atoms with Crippen molar-refractivity contribution in [3.8, 4) is 0 Å². The Morgan fingerprint density at radius 3 is 2.60 bits per heavy atom. The molecule has 0 aliphatic carbocycles. The molecule has 0 spiro atoms. The van der Waals surface area contributed by atoms with Gasteiger partial charge in [-0.1, -0.05) is 32.0 Å². The largest absolute Gasteiger partial charge is 0.462 e. The highest BCUT2D eigenvalue weighted by molar-refractivity contribution is 8.00. The van der Waals surface area contributed by atoms with Gasteiger partial charge < -0.3 is 30.6 Å². The quantitative estimate of drug-likeness (QED) is 0.0770. The third-order valence-corrected chi connectivity index (χ3v) is 8.84. The third-order valence-electron chi connectivity index (χ3n) is 6.86. The Morgan fingerprint density at radius 2 is 2.02 bits per heavy atom. The fourth-order valence-electron chi connectivity index (χ4n) is 4.64. The van der Waals surface area contributed by atoms with Crippen molar-refractivity contribution in [1.29, 1.82) is 0 Å². The maximum atomic E-state index is 13.6. The maximum Gasteiger partial charge on any atom is 0.355 e. The van der Waals surface area contributed by atoms with Gasteiger partial charge in [-0.2, -0.15) is 0 Å². The van der Waals surface area contributed by atoms with Gasteiger partial charge in [-0.15, -0.1) is 35.5 Å². The number of likely N-dealkylation sites (N-methyl/N-ethyl adjacent to an activating group) is 1. The van der Waals surface area contributed by atoms with Crippen molar-refractivity contribution in [1.82, 2.24) is 20.1 Å². The van der Waals surface area contributed by atoms with Crippen LogP contribution in [0.2, 0.25) is 0 Å². The van der Waals surface area contributed by atoms with E-state index in [-0.39, 0.29) is 65.3 Å². The number of hydrogen-bond donors (Lipinski definition) is 3.